The summed E-state index contributed by atoms with van der Waals surface area (Å²) in [4.78, 5) is 23.2. The number of halogens is 2. The molecular weight excluding hydrogens is 497 g/mol. The SMILES string of the molecule is COc1ccc(C)c2sc(N(CCCN(C)C)C(=O)CCCSc3ccc(Cl)cc3)nc12.Cl. The topological polar surface area (TPSA) is 45.7 Å². The maximum Gasteiger partial charge on any atom is 0.228 e. The Bertz CT molecular complexity index is 1040. The summed E-state index contributed by atoms with van der Waals surface area (Å²) >= 11 is 9.27. The number of benzene rings is 2. The van der Waals surface area contributed by atoms with Crippen LogP contribution in [0.25, 0.3) is 10.2 Å². The van der Waals surface area contributed by atoms with E-state index in [2.05, 4.69) is 11.8 Å². The number of carbonyl (C=O) groups is 1. The molecule has 5 nitrogen and oxygen atoms in total. The number of amides is 1. The molecule has 0 atom stereocenters. The predicted octanol–water partition coefficient (Wildman–Crippen LogP) is 6.55. The van der Waals surface area contributed by atoms with Gasteiger partial charge in [-0.2, -0.15) is 0 Å². The summed E-state index contributed by atoms with van der Waals surface area (Å²) in [6.07, 6.45) is 2.20. The highest BCUT2D eigenvalue weighted by Crippen LogP contribution is 2.36. The first-order chi connectivity index (χ1) is 15.4. The van der Waals surface area contributed by atoms with E-state index >= 15 is 0 Å². The van der Waals surface area contributed by atoms with E-state index in [-0.39, 0.29) is 18.3 Å². The zero-order valence-electron chi connectivity index (χ0n) is 19.5. The lowest BCUT2D eigenvalue weighted by Gasteiger charge is -2.21. The quantitative estimate of drug-likeness (QED) is 0.209. The Kier molecular flexibility index (Phi) is 11.3. The van der Waals surface area contributed by atoms with Crippen LogP contribution in [0.1, 0.15) is 24.8 Å². The molecule has 3 rings (SSSR count). The molecule has 1 aromatic heterocycles. The Morgan fingerprint density at radius 3 is 2.52 bits per heavy atom. The van der Waals surface area contributed by atoms with Gasteiger partial charge in [-0.05, 0) is 82.1 Å². The molecule has 0 bridgehead atoms. The Morgan fingerprint density at radius 1 is 1.12 bits per heavy atom. The van der Waals surface area contributed by atoms with Crippen molar-refractivity contribution in [3.63, 3.8) is 0 Å². The third-order valence-corrected chi connectivity index (χ3v) is 7.61. The van der Waals surface area contributed by atoms with Gasteiger partial charge in [0.1, 0.15) is 11.3 Å². The molecule has 3 aromatic rings. The van der Waals surface area contributed by atoms with Gasteiger partial charge in [0.2, 0.25) is 5.91 Å². The number of hydrogen-bond donors (Lipinski definition) is 0. The minimum Gasteiger partial charge on any atom is -0.494 e. The van der Waals surface area contributed by atoms with Crippen LogP contribution in [-0.4, -0.2) is 55.8 Å². The van der Waals surface area contributed by atoms with Crippen molar-refractivity contribution < 1.29 is 9.53 Å². The summed E-state index contributed by atoms with van der Waals surface area (Å²) in [6.45, 7) is 3.64. The number of thioether (sulfide) groups is 1. The second-order valence-electron chi connectivity index (χ2n) is 7.87. The van der Waals surface area contributed by atoms with Crippen LogP contribution in [0, 0.1) is 6.92 Å². The number of anilines is 1. The largest absolute Gasteiger partial charge is 0.494 e. The molecule has 0 aliphatic heterocycles. The van der Waals surface area contributed by atoms with Gasteiger partial charge in [0.25, 0.3) is 0 Å². The van der Waals surface area contributed by atoms with Gasteiger partial charge in [-0.15, -0.1) is 24.2 Å². The summed E-state index contributed by atoms with van der Waals surface area (Å²) in [5.74, 6) is 1.75. The molecule has 33 heavy (non-hydrogen) atoms. The summed E-state index contributed by atoms with van der Waals surface area (Å²) in [5, 5.41) is 1.49. The van der Waals surface area contributed by atoms with E-state index in [0.29, 0.717) is 13.0 Å². The molecule has 0 N–H and O–H groups in total. The molecule has 0 fully saturated rings. The van der Waals surface area contributed by atoms with Gasteiger partial charge >= 0.3 is 0 Å². The van der Waals surface area contributed by atoms with E-state index in [1.165, 1.54) is 4.90 Å². The zero-order chi connectivity index (χ0) is 23.1. The number of fused-ring (bicyclic) bond motifs is 1. The first kappa shape index (κ1) is 27.7. The average molecular weight is 529 g/mol. The van der Waals surface area contributed by atoms with Crippen molar-refractivity contribution in [2.75, 3.05) is 44.9 Å². The van der Waals surface area contributed by atoms with Crippen LogP contribution in [0.3, 0.4) is 0 Å². The summed E-state index contributed by atoms with van der Waals surface area (Å²) in [5.41, 5.74) is 1.97. The van der Waals surface area contributed by atoms with Crippen LogP contribution < -0.4 is 9.64 Å². The lowest BCUT2D eigenvalue weighted by Crippen LogP contribution is -2.33. The molecule has 0 aliphatic carbocycles. The minimum absolute atomic E-state index is 0. The second-order valence-corrected chi connectivity index (χ2v) is 10.4. The Morgan fingerprint density at radius 2 is 1.85 bits per heavy atom. The van der Waals surface area contributed by atoms with Gasteiger partial charge in [-0.1, -0.05) is 29.0 Å². The molecule has 1 amide bonds. The number of ether oxygens (including phenoxy) is 1. The number of methoxy groups -OCH3 is 1. The number of carbonyl (C=O) groups excluding carboxylic acids is 1. The third-order valence-electron chi connectivity index (χ3n) is 5.05. The monoisotopic (exact) mass is 527 g/mol. The molecule has 0 saturated carbocycles. The fourth-order valence-electron chi connectivity index (χ4n) is 3.33. The summed E-state index contributed by atoms with van der Waals surface area (Å²) in [7, 11) is 5.75. The van der Waals surface area contributed by atoms with Crippen LogP contribution in [0.5, 0.6) is 5.75 Å². The van der Waals surface area contributed by atoms with Gasteiger partial charge in [0.05, 0.1) is 11.8 Å². The first-order valence-electron chi connectivity index (χ1n) is 10.7. The van der Waals surface area contributed by atoms with Crippen molar-refractivity contribution in [1.82, 2.24) is 9.88 Å². The van der Waals surface area contributed by atoms with Crippen molar-refractivity contribution in [3.05, 3.63) is 47.0 Å². The lowest BCUT2D eigenvalue weighted by molar-refractivity contribution is -0.118. The molecule has 9 heteroatoms. The fourth-order valence-corrected chi connectivity index (χ4v) is 5.40. The molecule has 1 heterocycles. The number of aryl methyl sites for hydroxylation is 1. The van der Waals surface area contributed by atoms with Crippen molar-refractivity contribution >= 4 is 68.4 Å². The number of hydrogen-bond acceptors (Lipinski definition) is 6. The lowest BCUT2D eigenvalue weighted by atomic mass is 10.2. The number of aromatic nitrogens is 1. The first-order valence-corrected chi connectivity index (χ1v) is 12.8. The molecule has 0 unspecified atom stereocenters. The molecule has 0 saturated heterocycles. The van der Waals surface area contributed by atoms with E-state index in [9.17, 15) is 4.79 Å². The van der Waals surface area contributed by atoms with Crippen LogP contribution in [0.4, 0.5) is 5.13 Å². The van der Waals surface area contributed by atoms with Crippen molar-refractivity contribution in [1.29, 1.82) is 0 Å². The van der Waals surface area contributed by atoms with Gasteiger partial charge in [-0.25, -0.2) is 4.98 Å². The number of thiazole rings is 1. The van der Waals surface area contributed by atoms with Gasteiger partial charge < -0.3 is 9.64 Å². The van der Waals surface area contributed by atoms with E-state index in [1.54, 1.807) is 30.2 Å². The highest BCUT2D eigenvalue weighted by Gasteiger charge is 2.21. The van der Waals surface area contributed by atoms with Crippen LogP contribution in [0.15, 0.2) is 41.3 Å². The number of nitrogens with zero attached hydrogens (tertiary/aromatic N) is 3. The van der Waals surface area contributed by atoms with Crippen molar-refractivity contribution in [2.45, 2.75) is 31.1 Å². The fraction of sp³-hybridized carbons (Fsp3) is 0.417. The Hall–Kier alpha value is -1.51. The average Bonchev–Trinajstić information content (AvgIpc) is 3.21. The molecule has 2 aromatic carbocycles. The van der Waals surface area contributed by atoms with Crippen molar-refractivity contribution in [2.24, 2.45) is 0 Å². The predicted molar refractivity (Wildman–Crippen MR) is 145 cm³/mol. The van der Waals surface area contributed by atoms with Crippen LogP contribution in [-0.2, 0) is 4.79 Å². The van der Waals surface area contributed by atoms with Crippen LogP contribution >= 0.6 is 47.1 Å². The van der Waals surface area contributed by atoms with Gasteiger partial charge in [-0.3, -0.25) is 9.69 Å². The number of rotatable bonds is 11. The second kappa shape index (κ2) is 13.4. The zero-order valence-corrected chi connectivity index (χ0v) is 22.7. The molecular formula is C24H31Cl2N3O2S2. The molecule has 0 spiro atoms. The Balaban J connectivity index is 0.00000385. The summed E-state index contributed by atoms with van der Waals surface area (Å²) in [6, 6.07) is 11.8. The van der Waals surface area contributed by atoms with E-state index < -0.39 is 0 Å². The van der Waals surface area contributed by atoms with E-state index in [0.717, 1.165) is 56.8 Å². The van der Waals surface area contributed by atoms with E-state index in [1.807, 2.05) is 55.4 Å². The highest BCUT2D eigenvalue weighted by molar-refractivity contribution is 7.99. The third kappa shape index (κ3) is 7.76. The molecule has 180 valence electrons. The smallest absolute Gasteiger partial charge is 0.228 e. The molecule has 0 radical (unpaired) electrons. The maximum absolute atomic E-state index is 13.2. The van der Waals surface area contributed by atoms with Gasteiger partial charge in [0, 0.05) is 22.9 Å². The molecule has 0 aliphatic rings. The normalized spacial score (nSPS) is 11.0. The standard InChI is InChI=1S/C24H30ClN3O2S2.ClH/c1-17-8-13-20(30-4)22-23(17)32-24(26-22)28(15-6-14-27(2)3)21(29)7-5-16-31-19-11-9-18(25)10-12-19;/h8-13H,5-7,14-16H2,1-4H3;1H. The highest BCUT2D eigenvalue weighted by atomic mass is 35.5. The Labute approximate surface area is 215 Å². The van der Waals surface area contributed by atoms with Gasteiger partial charge in [0.15, 0.2) is 5.13 Å². The van der Waals surface area contributed by atoms with Crippen molar-refractivity contribution in [3.8, 4) is 5.75 Å². The summed E-state index contributed by atoms with van der Waals surface area (Å²) < 4.78 is 6.57. The minimum atomic E-state index is 0. The van der Waals surface area contributed by atoms with E-state index in [4.69, 9.17) is 21.3 Å². The van der Waals surface area contributed by atoms with Crippen LogP contribution in [0.2, 0.25) is 5.02 Å². The maximum atomic E-state index is 13.2.